The summed E-state index contributed by atoms with van der Waals surface area (Å²) in [4.78, 5) is 59.9. The number of nitrogens with one attached hydrogen (secondary N) is 2. The second kappa shape index (κ2) is 31.9. The molecule has 0 aromatic heterocycles. The first kappa shape index (κ1) is 51.1. The molecule has 16 heteroatoms. The fourth-order valence-electron chi connectivity index (χ4n) is 3.82. The van der Waals surface area contributed by atoms with Gasteiger partial charge in [0.1, 0.15) is 11.6 Å². The molecule has 1 rings (SSSR count). The third kappa shape index (κ3) is 31.0. The van der Waals surface area contributed by atoms with Gasteiger partial charge in [0.2, 0.25) is 0 Å². The molecule has 0 bridgehead atoms. The summed E-state index contributed by atoms with van der Waals surface area (Å²) in [5.41, 5.74) is 13.2. The number of carbonyl (C=O) groups is 5. The summed E-state index contributed by atoms with van der Waals surface area (Å²) in [5, 5.41) is 34.5. The Hall–Kier alpha value is -0.477. The number of hydrogen-bond acceptors (Lipinski definition) is 10. The van der Waals surface area contributed by atoms with E-state index in [1.165, 1.54) is 55.0 Å². The Bertz CT molecular complexity index is 728. The van der Waals surface area contributed by atoms with Crippen molar-refractivity contribution in [1.82, 2.24) is 14.7 Å². The SMILES string of the molecule is C[N-]CC(=O)CN(CCN(CCN(CC(C)=O)CC(=O)[O-])CC(=O)O)CC(=O)[O-].C[NH-].[CH2-]C1CCCCC1[NH-].[CH3-].[Gd].[Pt]. The molecule has 1 fully saturated rings. The number of Topliss-reactive ketones (excluding diaryl/α,β-unsaturated/α-hetero) is 2. The van der Waals surface area contributed by atoms with Gasteiger partial charge >= 0.3 is 5.97 Å². The summed E-state index contributed by atoms with van der Waals surface area (Å²) < 4.78 is 0. The Morgan fingerprint density at radius 3 is 1.62 bits per heavy atom. The van der Waals surface area contributed by atoms with Crippen LogP contribution in [-0.4, -0.2) is 135 Å². The van der Waals surface area contributed by atoms with Crippen LogP contribution in [0.25, 0.3) is 16.8 Å². The van der Waals surface area contributed by atoms with E-state index in [9.17, 15) is 34.2 Å². The summed E-state index contributed by atoms with van der Waals surface area (Å²) in [6.07, 6.45) is 4.80. The maximum Gasteiger partial charge on any atom is 0.317 e. The first-order chi connectivity index (χ1) is 18.3. The first-order valence-corrected chi connectivity index (χ1v) is 12.7. The summed E-state index contributed by atoms with van der Waals surface area (Å²) >= 11 is 0. The summed E-state index contributed by atoms with van der Waals surface area (Å²) in [6.45, 7) is 3.86. The molecule has 1 saturated carbocycles. The first-order valence-electron chi connectivity index (χ1n) is 12.7. The number of carboxylic acid groups (broad SMARTS) is 3. The number of carbonyl (C=O) groups excluding carboxylic acids is 4. The smallest absolute Gasteiger partial charge is 0.317 e. The van der Waals surface area contributed by atoms with Gasteiger partial charge in [-0.05, 0) is 6.92 Å². The predicted molar refractivity (Wildman–Crippen MR) is 149 cm³/mol. The quantitative estimate of drug-likeness (QED) is 0.168. The van der Waals surface area contributed by atoms with Crippen LogP contribution in [0.4, 0.5) is 0 Å². The van der Waals surface area contributed by atoms with E-state index < -0.39 is 31.0 Å². The van der Waals surface area contributed by atoms with Crippen molar-refractivity contribution in [3.8, 4) is 0 Å². The van der Waals surface area contributed by atoms with Gasteiger partial charge in [0.15, 0.2) is 0 Å². The number of nitrogens with zero attached hydrogens (tertiary/aromatic N) is 4. The molecule has 0 spiro atoms. The Balaban J connectivity index is -0.000000298. The second-order valence-corrected chi connectivity index (χ2v) is 9.20. The molecule has 42 heavy (non-hydrogen) atoms. The van der Waals surface area contributed by atoms with Crippen molar-refractivity contribution in [2.24, 2.45) is 5.92 Å². The van der Waals surface area contributed by atoms with Gasteiger partial charge in [-0.1, -0.05) is 32.2 Å². The number of rotatable bonds is 18. The molecule has 0 amide bonds. The van der Waals surface area contributed by atoms with Gasteiger partial charge in [-0.25, -0.2) is 0 Å². The number of ketones is 2. The predicted octanol–water partition coefficient (Wildman–Crippen LogP) is -0.814. The van der Waals surface area contributed by atoms with Crippen LogP contribution in [0.15, 0.2) is 0 Å². The van der Waals surface area contributed by atoms with Crippen molar-refractivity contribution in [1.29, 1.82) is 0 Å². The molecule has 0 saturated heterocycles. The van der Waals surface area contributed by atoms with E-state index >= 15 is 0 Å². The van der Waals surface area contributed by atoms with Crippen LogP contribution >= 0.6 is 0 Å². The largest absolute Gasteiger partial charge is 0.680 e. The molecular formula is C26H47GdN6O8Pt-7. The van der Waals surface area contributed by atoms with E-state index in [-0.39, 0.29) is 138 Å². The van der Waals surface area contributed by atoms with Crippen LogP contribution in [0.2, 0.25) is 0 Å². The standard InChI is InChI=1S/C17H29N4O8.C7H13N.CH4N.CH3.Gd.Pt/c1-13(22)8-20(11-16(26)27)5-3-19(10-15(24)25)4-6-21(12-17(28)29)9-14(23)7-18-2;1-6-4-2-3-5-7(6)8;1-2;;;/h3-12H2,1-2H3,(H,24,25)(H,26,27)(H,28,29);6-8H,1-5H2;2H,1H3;1H3;;/q-1;-2;2*-1;;/p-2. The average molecular weight is 924 g/mol. The molecule has 1 aliphatic carbocycles. The van der Waals surface area contributed by atoms with Gasteiger partial charge in [0, 0.05) is 100 Å². The minimum absolute atomic E-state index is 0. The fourth-order valence-corrected chi connectivity index (χ4v) is 3.82. The van der Waals surface area contributed by atoms with E-state index in [0.717, 1.165) is 6.42 Å². The topological polar surface area (TPSA) is 223 Å². The average Bonchev–Trinajstić information content (AvgIpc) is 2.83. The Morgan fingerprint density at radius 2 is 1.29 bits per heavy atom. The maximum atomic E-state index is 11.7. The van der Waals surface area contributed by atoms with Crippen molar-refractivity contribution in [2.45, 2.75) is 38.6 Å². The molecular weight excluding hydrogens is 877 g/mol. The molecule has 254 valence electrons. The minimum atomic E-state index is -1.38. The van der Waals surface area contributed by atoms with Gasteiger partial charge in [-0.15, -0.1) is 0 Å². The van der Waals surface area contributed by atoms with E-state index in [2.05, 4.69) is 12.2 Å². The zero-order valence-corrected chi connectivity index (χ0v) is 29.6. The van der Waals surface area contributed by atoms with Crippen molar-refractivity contribution in [3.05, 3.63) is 31.1 Å². The van der Waals surface area contributed by atoms with E-state index in [4.69, 9.17) is 16.6 Å². The van der Waals surface area contributed by atoms with Gasteiger partial charge in [-0.3, -0.25) is 24.3 Å². The molecule has 2 atom stereocenters. The van der Waals surface area contributed by atoms with E-state index in [1.54, 1.807) is 0 Å². The fraction of sp³-hybridized carbons (Fsp3) is 0.731. The van der Waals surface area contributed by atoms with Crippen molar-refractivity contribution >= 4 is 29.5 Å². The van der Waals surface area contributed by atoms with Gasteiger partial charge in [-0.2, -0.15) is 26.1 Å². The van der Waals surface area contributed by atoms with Crippen LogP contribution < -0.4 is 10.2 Å². The molecule has 0 heterocycles. The minimum Gasteiger partial charge on any atom is -0.680 e. The van der Waals surface area contributed by atoms with E-state index in [0.29, 0.717) is 5.92 Å². The number of aliphatic carboxylic acids is 3. The van der Waals surface area contributed by atoms with Gasteiger partial charge < -0.3 is 60.8 Å². The van der Waals surface area contributed by atoms with Crippen LogP contribution in [0.1, 0.15) is 32.6 Å². The van der Waals surface area contributed by atoms with Gasteiger partial charge in [0.05, 0.1) is 31.6 Å². The molecule has 3 N–H and O–H groups in total. The third-order valence-corrected chi connectivity index (χ3v) is 5.62. The molecule has 0 aromatic rings. The molecule has 0 radical (unpaired) electrons. The number of likely N-dealkylation sites (N-methyl/N-ethyl adjacent to an activating group) is 1. The van der Waals surface area contributed by atoms with Crippen LogP contribution in [0.5, 0.6) is 0 Å². The normalized spacial score (nSPS) is 15.5. The van der Waals surface area contributed by atoms with Gasteiger partial charge in [0.25, 0.3) is 0 Å². The van der Waals surface area contributed by atoms with Crippen molar-refractivity contribution in [2.75, 3.05) is 79.5 Å². The van der Waals surface area contributed by atoms with Crippen molar-refractivity contribution in [3.63, 3.8) is 0 Å². The molecule has 0 aromatic carbocycles. The van der Waals surface area contributed by atoms with Crippen LogP contribution in [-0.2, 0) is 45.0 Å². The monoisotopic (exact) mass is 924 g/mol. The van der Waals surface area contributed by atoms with Crippen molar-refractivity contribution < 1.29 is 100 Å². The second-order valence-electron chi connectivity index (χ2n) is 9.20. The number of carboxylic acids is 3. The molecule has 0 aliphatic heterocycles. The number of hydrogen-bond donors (Lipinski definition) is 1. The zero-order valence-electron chi connectivity index (χ0n) is 25.0. The van der Waals surface area contributed by atoms with Crippen LogP contribution in [0, 0.1) is 60.2 Å². The summed E-state index contributed by atoms with van der Waals surface area (Å²) in [5.74, 6) is -4.00. The van der Waals surface area contributed by atoms with Crippen LogP contribution in [0.3, 0.4) is 0 Å². The summed E-state index contributed by atoms with van der Waals surface area (Å²) in [6, 6.07) is 0.142. The molecule has 14 nitrogen and oxygen atoms in total. The molecule has 1 aliphatic rings. The molecule has 2 unspecified atom stereocenters. The maximum absolute atomic E-state index is 11.7. The zero-order chi connectivity index (χ0) is 30.4. The third-order valence-electron chi connectivity index (χ3n) is 5.62. The summed E-state index contributed by atoms with van der Waals surface area (Å²) in [7, 11) is 2.70. The Morgan fingerprint density at radius 1 is 0.857 bits per heavy atom. The Labute approximate surface area is 297 Å². The Kier molecular flexibility index (Phi) is 38.9. The van der Waals surface area contributed by atoms with E-state index in [1.807, 2.05) is 0 Å².